The minimum atomic E-state index is 0.0185. The lowest BCUT2D eigenvalue weighted by Crippen LogP contribution is -2.17. The summed E-state index contributed by atoms with van der Waals surface area (Å²) in [6.45, 7) is 9.72. The Morgan fingerprint density at radius 1 is 1.00 bits per heavy atom. The predicted octanol–water partition coefficient (Wildman–Crippen LogP) is 6.14. The SMILES string of the molecule is CCC(C)CCCCCCCCCCC1=NC(C)(C)CO1. The molecule has 1 heterocycles. The lowest BCUT2D eigenvalue weighted by molar-refractivity contribution is 0.273. The molecule has 0 bridgehead atoms. The minimum Gasteiger partial charge on any atom is -0.478 e. The van der Waals surface area contributed by atoms with Crippen molar-refractivity contribution in [2.45, 2.75) is 104 Å². The Kier molecular flexibility index (Phi) is 9.03. The largest absolute Gasteiger partial charge is 0.478 e. The number of aliphatic imine (C=N–C) groups is 1. The van der Waals surface area contributed by atoms with Crippen molar-refractivity contribution < 1.29 is 4.74 Å². The minimum absolute atomic E-state index is 0.0185. The zero-order chi connectivity index (χ0) is 15.6. The molecule has 0 aromatic heterocycles. The van der Waals surface area contributed by atoms with Crippen LogP contribution >= 0.6 is 0 Å². The Morgan fingerprint density at radius 3 is 2.10 bits per heavy atom. The quantitative estimate of drug-likeness (QED) is 0.396. The van der Waals surface area contributed by atoms with Gasteiger partial charge in [-0.25, -0.2) is 4.99 Å². The average molecular weight is 296 g/mol. The van der Waals surface area contributed by atoms with Gasteiger partial charge in [-0.3, -0.25) is 0 Å². The third-order valence-electron chi connectivity index (χ3n) is 4.55. The molecule has 21 heavy (non-hydrogen) atoms. The number of unbranched alkanes of at least 4 members (excludes halogenated alkanes) is 7. The number of ether oxygens (including phenoxy) is 1. The highest BCUT2D eigenvalue weighted by atomic mass is 16.5. The molecule has 1 aliphatic heterocycles. The Morgan fingerprint density at radius 2 is 1.57 bits per heavy atom. The molecular weight excluding hydrogens is 258 g/mol. The van der Waals surface area contributed by atoms with E-state index in [1.165, 1.54) is 64.2 Å². The fraction of sp³-hybridized carbons (Fsp3) is 0.947. The molecule has 0 fully saturated rings. The van der Waals surface area contributed by atoms with Crippen LogP contribution in [0.1, 0.15) is 98.3 Å². The molecule has 0 aromatic rings. The molecule has 1 atom stereocenters. The van der Waals surface area contributed by atoms with Crippen LogP contribution in [-0.4, -0.2) is 18.0 Å². The summed E-state index contributed by atoms with van der Waals surface area (Å²) < 4.78 is 5.62. The number of hydrogen-bond donors (Lipinski definition) is 0. The molecule has 124 valence electrons. The predicted molar refractivity (Wildman–Crippen MR) is 93.1 cm³/mol. The second-order valence-electron chi connectivity index (χ2n) is 7.49. The van der Waals surface area contributed by atoms with Gasteiger partial charge in [0.25, 0.3) is 0 Å². The lowest BCUT2D eigenvalue weighted by Gasteiger charge is -2.07. The van der Waals surface area contributed by atoms with Crippen LogP contribution < -0.4 is 0 Å². The maximum atomic E-state index is 5.62. The van der Waals surface area contributed by atoms with Gasteiger partial charge in [-0.05, 0) is 26.2 Å². The molecule has 2 nitrogen and oxygen atoms in total. The topological polar surface area (TPSA) is 21.6 Å². The summed E-state index contributed by atoms with van der Waals surface area (Å²) in [5.41, 5.74) is 0.0185. The van der Waals surface area contributed by atoms with E-state index in [9.17, 15) is 0 Å². The van der Waals surface area contributed by atoms with Crippen molar-refractivity contribution >= 4 is 5.90 Å². The van der Waals surface area contributed by atoms with E-state index in [2.05, 4.69) is 32.7 Å². The van der Waals surface area contributed by atoms with Crippen LogP contribution in [0.2, 0.25) is 0 Å². The molecule has 0 amide bonds. The molecule has 0 saturated carbocycles. The second kappa shape index (κ2) is 10.2. The standard InChI is InChI=1S/C19H37NO/c1-5-17(2)14-12-10-8-6-7-9-11-13-15-18-20-19(3,4)16-21-18/h17H,5-16H2,1-4H3. The highest BCUT2D eigenvalue weighted by Crippen LogP contribution is 2.20. The first-order valence-corrected chi connectivity index (χ1v) is 9.25. The fourth-order valence-corrected chi connectivity index (χ4v) is 2.82. The summed E-state index contributed by atoms with van der Waals surface area (Å²) in [7, 11) is 0. The van der Waals surface area contributed by atoms with Crippen LogP contribution in [-0.2, 0) is 4.74 Å². The van der Waals surface area contributed by atoms with E-state index >= 15 is 0 Å². The van der Waals surface area contributed by atoms with E-state index in [0.717, 1.165) is 24.8 Å². The van der Waals surface area contributed by atoms with E-state index in [4.69, 9.17) is 4.74 Å². The van der Waals surface area contributed by atoms with Gasteiger partial charge in [0.2, 0.25) is 0 Å². The first-order valence-electron chi connectivity index (χ1n) is 9.25. The van der Waals surface area contributed by atoms with Crippen LogP contribution in [0.3, 0.4) is 0 Å². The first-order chi connectivity index (χ1) is 10.0. The highest BCUT2D eigenvalue weighted by molar-refractivity contribution is 5.78. The van der Waals surface area contributed by atoms with Crippen molar-refractivity contribution in [3.05, 3.63) is 0 Å². The van der Waals surface area contributed by atoms with Gasteiger partial charge < -0.3 is 4.74 Å². The molecular formula is C19H37NO. The monoisotopic (exact) mass is 295 g/mol. The van der Waals surface area contributed by atoms with Gasteiger partial charge >= 0.3 is 0 Å². The van der Waals surface area contributed by atoms with E-state index in [0.29, 0.717) is 0 Å². The van der Waals surface area contributed by atoms with Gasteiger partial charge in [-0.1, -0.05) is 71.6 Å². The maximum Gasteiger partial charge on any atom is 0.183 e. The van der Waals surface area contributed by atoms with E-state index in [-0.39, 0.29) is 5.54 Å². The number of hydrogen-bond acceptors (Lipinski definition) is 2. The van der Waals surface area contributed by atoms with Crippen molar-refractivity contribution in [1.29, 1.82) is 0 Å². The Balaban J connectivity index is 1.83. The Labute approximate surface area is 132 Å². The van der Waals surface area contributed by atoms with Crippen LogP contribution in [0.15, 0.2) is 4.99 Å². The molecule has 0 aromatic carbocycles. The third-order valence-corrected chi connectivity index (χ3v) is 4.55. The van der Waals surface area contributed by atoms with Crippen molar-refractivity contribution in [2.75, 3.05) is 6.61 Å². The summed E-state index contributed by atoms with van der Waals surface area (Å²) in [6, 6.07) is 0. The average Bonchev–Trinajstić information content (AvgIpc) is 2.80. The van der Waals surface area contributed by atoms with Crippen molar-refractivity contribution in [2.24, 2.45) is 10.9 Å². The molecule has 1 rings (SSSR count). The zero-order valence-corrected chi connectivity index (χ0v) is 14.9. The second-order valence-corrected chi connectivity index (χ2v) is 7.49. The number of nitrogens with zero attached hydrogens (tertiary/aromatic N) is 1. The summed E-state index contributed by atoms with van der Waals surface area (Å²) in [5, 5.41) is 0. The molecule has 1 aliphatic rings. The molecule has 0 saturated heterocycles. The first kappa shape index (κ1) is 18.5. The van der Waals surface area contributed by atoms with Gasteiger partial charge in [0.15, 0.2) is 5.90 Å². The van der Waals surface area contributed by atoms with Crippen LogP contribution in [0.25, 0.3) is 0 Å². The molecule has 0 spiro atoms. The summed E-state index contributed by atoms with van der Waals surface area (Å²) in [5.74, 6) is 1.92. The van der Waals surface area contributed by atoms with Gasteiger partial charge in [-0.15, -0.1) is 0 Å². The highest BCUT2D eigenvalue weighted by Gasteiger charge is 2.25. The lowest BCUT2D eigenvalue weighted by atomic mass is 9.99. The maximum absolute atomic E-state index is 5.62. The van der Waals surface area contributed by atoms with E-state index in [1.54, 1.807) is 0 Å². The smallest absolute Gasteiger partial charge is 0.183 e. The van der Waals surface area contributed by atoms with Crippen molar-refractivity contribution in [3.63, 3.8) is 0 Å². The van der Waals surface area contributed by atoms with Crippen molar-refractivity contribution in [1.82, 2.24) is 0 Å². The van der Waals surface area contributed by atoms with E-state index < -0.39 is 0 Å². The molecule has 2 heteroatoms. The molecule has 0 radical (unpaired) electrons. The molecule has 0 aliphatic carbocycles. The van der Waals surface area contributed by atoms with Crippen LogP contribution in [0.5, 0.6) is 0 Å². The van der Waals surface area contributed by atoms with Gasteiger partial charge in [0, 0.05) is 6.42 Å². The van der Waals surface area contributed by atoms with Crippen LogP contribution in [0, 0.1) is 5.92 Å². The third kappa shape index (κ3) is 9.16. The summed E-state index contributed by atoms with van der Waals surface area (Å²) >= 11 is 0. The molecule has 0 N–H and O–H groups in total. The molecule has 1 unspecified atom stereocenters. The number of rotatable bonds is 12. The van der Waals surface area contributed by atoms with Gasteiger partial charge in [0.05, 0.1) is 5.54 Å². The Hall–Kier alpha value is -0.530. The van der Waals surface area contributed by atoms with Gasteiger partial charge in [0.1, 0.15) is 6.61 Å². The van der Waals surface area contributed by atoms with Crippen molar-refractivity contribution in [3.8, 4) is 0 Å². The summed E-state index contributed by atoms with van der Waals surface area (Å²) in [4.78, 5) is 4.60. The normalized spacial score (nSPS) is 18.4. The van der Waals surface area contributed by atoms with Crippen LogP contribution in [0.4, 0.5) is 0 Å². The van der Waals surface area contributed by atoms with E-state index in [1.807, 2.05) is 0 Å². The Bertz CT molecular complexity index is 296. The summed E-state index contributed by atoms with van der Waals surface area (Å²) in [6.07, 6.45) is 14.9. The zero-order valence-electron chi connectivity index (χ0n) is 14.9. The van der Waals surface area contributed by atoms with Gasteiger partial charge in [-0.2, -0.15) is 0 Å². The fourth-order valence-electron chi connectivity index (χ4n) is 2.82.